The minimum Gasteiger partial charge on any atom is -0.484 e. The lowest BCUT2D eigenvalue weighted by Crippen LogP contribution is -2.69. The molecule has 2 bridgehead atoms. The number of piperazine rings is 1. The molecule has 5 fully saturated rings. The van der Waals surface area contributed by atoms with Crippen LogP contribution in [0.1, 0.15) is 26.2 Å². The van der Waals surface area contributed by atoms with Crippen molar-refractivity contribution in [2.24, 2.45) is 11.8 Å². The predicted octanol–water partition coefficient (Wildman–Crippen LogP) is 1.28. The van der Waals surface area contributed by atoms with Crippen molar-refractivity contribution in [1.29, 1.82) is 0 Å². The molecule has 0 radical (unpaired) electrons. The van der Waals surface area contributed by atoms with Crippen LogP contribution in [0.4, 0.5) is 4.39 Å². The van der Waals surface area contributed by atoms with E-state index in [0.717, 1.165) is 38.9 Å². The maximum Gasteiger partial charge on any atom is 0.258 e. The van der Waals surface area contributed by atoms with E-state index >= 15 is 0 Å². The van der Waals surface area contributed by atoms with Crippen LogP contribution in [0.25, 0.3) is 0 Å². The van der Waals surface area contributed by atoms with Crippen LogP contribution in [-0.4, -0.2) is 67.5 Å². The number of hydrogen-bond donors (Lipinski definition) is 4. The van der Waals surface area contributed by atoms with Crippen LogP contribution in [0.15, 0.2) is 18.2 Å². The molecule has 31 heavy (non-hydrogen) atoms. The molecule has 5 unspecified atom stereocenters. The third-order valence-corrected chi connectivity index (χ3v) is 7.60. The van der Waals surface area contributed by atoms with E-state index in [0.29, 0.717) is 35.8 Å². The van der Waals surface area contributed by atoms with Crippen molar-refractivity contribution < 1.29 is 13.9 Å². The number of nitrogens with zero attached hydrogens (tertiary/aromatic N) is 1. The molecule has 1 aromatic carbocycles. The van der Waals surface area contributed by atoms with Crippen LogP contribution in [0.2, 0.25) is 5.02 Å². The van der Waals surface area contributed by atoms with E-state index in [1.54, 1.807) is 6.07 Å². The van der Waals surface area contributed by atoms with Crippen LogP contribution < -0.4 is 26.0 Å². The van der Waals surface area contributed by atoms with Crippen molar-refractivity contribution >= 4 is 17.5 Å². The third-order valence-electron chi connectivity index (χ3n) is 7.29. The standard InChI is InChI=1S/C22H31ClFN5O2/c1-12-10-29-5-4-25-21(22(29)26-12)28-19-9-18(13-6-14(19)7-13)27-20(30)11-31-15-2-3-16(23)17(24)8-15/h2-3,8,12-14,18-19,21-22,25-26,28H,4-7,9-11H2,1H3,(H,27,30). The Morgan fingerprint density at radius 2 is 2.10 bits per heavy atom. The summed E-state index contributed by atoms with van der Waals surface area (Å²) in [7, 11) is 0. The number of carbonyl (C=O) groups excluding carboxylic acids is 1. The molecule has 3 aliphatic carbocycles. The van der Waals surface area contributed by atoms with Crippen LogP contribution in [0, 0.1) is 17.7 Å². The Labute approximate surface area is 187 Å². The minimum atomic E-state index is -0.553. The van der Waals surface area contributed by atoms with Gasteiger partial charge in [-0.3, -0.25) is 25.6 Å². The summed E-state index contributed by atoms with van der Waals surface area (Å²) in [5, 5.41) is 14.4. The highest BCUT2D eigenvalue weighted by Gasteiger charge is 2.48. The monoisotopic (exact) mass is 451 g/mol. The SMILES string of the molecule is CC1CN2CCNC(NC3CC(NC(=O)COc4ccc(Cl)c(F)c4)C4CC3C4)C2N1. The highest BCUT2D eigenvalue weighted by atomic mass is 35.5. The van der Waals surface area contributed by atoms with Gasteiger partial charge in [-0.2, -0.15) is 0 Å². The van der Waals surface area contributed by atoms with E-state index in [9.17, 15) is 9.18 Å². The Bertz CT molecular complexity index is 823. The van der Waals surface area contributed by atoms with Crippen LogP contribution >= 0.6 is 11.6 Å². The zero-order valence-corrected chi connectivity index (χ0v) is 18.5. The van der Waals surface area contributed by atoms with Gasteiger partial charge in [-0.05, 0) is 50.2 Å². The molecule has 4 N–H and O–H groups in total. The molecule has 170 valence electrons. The number of ether oxygens (including phenoxy) is 1. The summed E-state index contributed by atoms with van der Waals surface area (Å²) in [6.45, 7) is 5.27. The maximum atomic E-state index is 13.5. The lowest BCUT2D eigenvalue weighted by atomic mass is 9.60. The van der Waals surface area contributed by atoms with E-state index in [1.807, 2.05) is 0 Å². The first-order chi connectivity index (χ1) is 15.0. The van der Waals surface area contributed by atoms with Crippen molar-refractivity contribution in [3.05, 3.63) is 29.0 Å². The van der Waals surface area contributed by atoms with E-state index < -0.39 is 5.82 Å². The second kappa shape index (κ2) is 8.83. The summed E-state index contributed by atoms with van der Waals surface area (Å²) in [4.78, 5) is 15.0. The molecule has 5 atom stereocenters. The topological polar surface area (TPSA) is 77.7 Å². The molecule has 6 rings (SSSR count). The lowest BCUT2D eigenvalue weighted by Gasteiger charge is -2.53. The van der Waals surface area contributed by atoms with Gasteiger partial charge in [0.25, 0.3) is 5.91 Å². The van der Waals surface area contributed by atoms with Gasteiger partial charge in [0, 0.05) is 43.8 Å². The summed E-state index contributed by atoms with van der Waals surface area (Å²) in [5.74, 6) is 0.804. The molecule has 9 heteroatoms. The average Bonchev–Trinajstić information content (AvgIpc) is 3.09. The number of amides is 1. The number of carbonyl (C=O) groups is 1. The van der Waals surface area contributed by atoms with Crippen molar-refractivity contribution in [3.8, 4) is 5.75 Å². The molecule has 2 saturated heterocycles. The van der Waals surface area contributed by atoms with Crippen molar-refractivity contribution in [1.82, 2.24) is 26.2 Å². The first-order valence-electron chi connectivity index (χ1n) is 11.3. The van der Waals surface area contributed by atoms with Gasteiger partial charge in [-0.25, -0.2) is 4.39 Å². The van der Waals surface area contributed by atoms with Gasteiger partial charge in [0.1, 0.15) is 11.6 Å². The van der Waals surface area contributed by atoms with Gasteiger partial charge >= 0.3 is 0 Å². The summed E-state index contributed by atoms with van der Waals surface area (Å²) in [5.41, 5.74) is 0. The molecule has 1 amide bonds. The summed E-state index contributed by atoms with van der Waals surface area (Å²) in [6.07, 6.45) is 3.77. The Morgan fingerprint density at radius 1 is 1.29 bits per heavy atom. The van der Waals surface area contributed by atoms with Crippen LogP contribution in [0.3, 0.4) is 0 Å². The van der Waals surface area contributed by atoms with Crippen molar-refractivity contribution in [3.63, 3.8) is 0 Å². The van der Waals surface area contributed by atoms with Gasteiger partial charge < -0.3 is 10.1 Å². The van der Waals surface area contributed by atoms with Gasteiger partial charge in [0.2, 0.25) is 0 Å². The predicted molar refractivity (Wildman–Crippen MR) is 116 cm³/mol. The number of halogens is 2. The average molecular weight is 452 g/mol. The summed E-state index contributed by atoms with van der Waals surface area (Å²) in [6, 6.07) is 5.23. The molecular weight excluding hydrogens is 421 g/mol. The fraction of sp³-hybridized carbons (Fsp3) is 0.682. The Hall–Kier alpha value is -1.45. The Balaban J connectivity index is 1.13. The quantitative estimate of drug-likeness (QED) is 0.522. The highest BCUT2D eigenvalue weighted by Crippen LogP contribution is 2.46. The molecule has 0 spiro atoms. The fourth-order valence-electron chi connectivity index (χ4n) is 5.68. The molecule has 0 aromatic heterocycles. The maximum absolute atomic E-state index is 13.5. The second-order valence-electron chi connectivity index (χ2n) is 9.48. The van der Waals surface area contributed by atoms with Crippen molar-refractivity contribution in [2.75, 3.05) is 26.2 Å². The van der Waals surface area contributed by atoms with Gasteiger partial charge in [0.15, 0.2) is 6.61 Å². The molecule has 2 heterocycles. The lowest BCUT2D eigenvalue weighted by molar-refractivity contribution is -0.125. The third kappa shape index (κ3) is 4.54. The molecule has 3 saturated carbocycles. The number of fused-ring (bicyclic) bond motifs is 3. The number of rotatable bonds is 6. The van der Waals surface area contributed by atoms with Gasteiger partial charge in [-0.1, -0.05) is 11.6 Å². The molecule has 2 aliphatic heterocycles. The summed E-state index contributed by atoms with van der Waals surface area (Å²) < 4.78 is 19.0. The van der Waals surface area contributed by atoms with E-state index in [4.69, 9.17) is 16.3 Å². The molecule has 5 aliphatic rings. The van der Waals surface area contributed by atoms with E-state index in [2.05, 4.69) is 33.1 Å². The molecule has 7 nitrogen and oxygen atoms in total. The number of hydrogen-bond acceptors (Lipinski definition) is 6. The Kier molecular flexibility index (Phi) is 6.09. The number of nitrogens with one attached hydrogen (secondary N) is 4. The van der Waals surface area contributed by atoms with Crippen LogP contribution in [-0.2, 0) is 4.79 Å². The van der Waals surface area contributed by atoms with Crippen LogP contribution in [0.5, 0.6) is 5.75 Å². The normalized spacial score (nSPS) is 37.1. The second-order valence-corrected chi connectivity index (χ2v) is 9.89. The first-order valence-corrected chi connectivity index (χ1v) is 11.7. The largest absolute Gasteiger partial charge is 0.484 e. The highest BCUT2D eigenvalue weighted by molar-refractivity contribution is 6.30. The van der Waals surface area contributed by atoms with Gasteiger partial charge in [-0.15, -0.1) is 0 Å². The molecular formula is C22H31ClFN5O2. The fourth-order valence-corrected chi connectivity index (χ4v) is 5.80. The number of benzene rings is 1. The minimum absolute atomic E-state index is 0.0370. The van der Waals surface area contributed by atoms with Crippen molar-refractivity contribution in [2.45, 2.75) is 56.6 Å². The zero-order chi connectivity index (χ0) is 21.5. The Morgan fingerprint density at radius 3 is 2.90 bits per heavy atom. The molecule has 1 aromatic rings. The van der Waals surface area contributed by atoms with E-state index in [1.165, 1.54) is 12.1 Å². The summed E-state index contributed by atoms with van der Waals surface area (Å²) >= 11 is 5.69. The smallest absolute Gasteiger partial charge is 0.258 e. The van der Waals surface area contributed by atoms with Gasteiger partial charge in [0.05, 0.1) is 17.4 Å². The first kappa shape index (κ1) is 21.4. The zero-order valence-electron chi connectivity index (χ0n) is 17.7. The van der Waals surface area contributed by atoms with E-state index in [-0.39, 0.29) is 29.7 Å².